The van der Waals surface area contributed by atoms with Crippen LogP contribution >= 0.6 is 0 Å². The lowest BCUT2D eigenvalue weighted by Gasteiger charge is -2.37. The van der Waals surface area contributed by atoms with Crippen molar-refractivity contribution in [1.82, 2.24) is 14.1 Å². The Hall–Kier alpha value is -2.12. The second-order valence-corrected chi connectivity index (χ2v) is 12.4. The molecule has 3 rings (SSSR count). The van der Waals surface area contributed by atoms with Crippen LogP contribution in [0.2, 0.25) is 0 Å². The molecule has 1 aromatic carbocycles. The van der Waals surface area contributed by atoms with E-state index in [4.69, 9.17) is 4.74 Å². The normalized spacial score (nSPS) is 23.1. The molecule has 36 heavy (non-hydrogen) atoms. The summed E-state index contributed by atoms with van der Waals surface area (Å²) >= 11 is 0. The minimum absolute atomic E-state index is 0.0437. The van der Waals surface area contributed by atoms with Crippen LogP contribution in [0.4, 0.5) is 0 Å². The first kappa shape index (κ1) is 28.5. The molecule has 1 amide bonds. The van der Waals surface area contributed by atoms with E-state index in [1.54, 1.807) is 37.1 Å². The highest BCUT2D eigenvalue weighted by Crippen LogP contribution is 2.34. The number of hydrogen-bond acceptors (Lipinski definition) is 6. The van der Waals surface area contributed by atoms with Crippen LogP contribution < -0.4 is 4.74 Å². The van der Waals surface area contributed by atoms with E-state index >= 15 is 0 Å². The Morgan fingerprint density at radius 2 is 1.94 bits per heavy atom. The number of rotatable bonds is 7. The number of fused-ring (bicyclic) bond motifs is 1. The van der Waals surface area contributed by atoms with Crippen molar-refractivity contribution in [2.75, 3.05) is 47.4 Å². The van der Waals surface area contributed by atoms with Gasteiger partial charge >= 0.3 is 0 Å². The van der Waals surface area contributed by atoms with Gasteiger partial charge in [0.1, 0.15) is 16.7 Å². The maximum Gasteiger partial charge on any atom is 0.247 e. The second kappa shape index (κ2) is 12.4. The van der Waals surface area contributed by atoms with Crippen LogP contribution in [0.3, 0.4) is 0 Å². The van der Waals surface area contributed by atoms with Gasteiger partial charge in [0.15, 0.2) is 0 Å². The quantitative estimate of drug-likeness (QED) is 0.557. The Morgan fingerprint density at radius 3 is 2.58 bits per heavy atom. The van der Waals surface area contributed by atoms with E-state index in [1.165, 1.54) is 30.0 Å². The summed E-state index contributed by atoms with van der Waals surface area (Å²) in [5, 5.41) is 9.80. The zero-order chi connectivity index (χ0) is 26.5. The Morgan fingerprint density at radius 1 is 1.25 bits per heavy atom. The Kier molecular flexibility index (Phi) is 9.81. The van der Waals surface area contributed by atoms with Gasteiger partial charge in [-0.3, -0.25) is 4.79 Å². The minimum Gasteiger partial charge on any atom is -0.487 e. The molecule has 1 fully saturated rings. The largest absolute Gasteiger partial charge is 0.487 e. The van der Waals surface area contributed by atoms with Gasteiger partial charge in [-0.15, -0.1) is 0 Å². The van der Waals surface area contributed by atoms with Crippen molar-refractivity contribution >= 4 is 15.9 Å². The van der Waals surface area contributed by atoms with E-state index in [1.807, 2.05) is 25.9 Å². The third kappa shape index (κ3) is 7.00. The summed E-state index contributed by atoms with van der Waals surface area (Å²) in [5.74, 6) is 7.07. The molecule has 200 valence electrons. The van der Waals surface area contributed by atoms with Gasteiger partial charge in [0.25, 0.3) is 0 Å². The van der Waals surface area contributed by atoms with Gasteiger partial charge in [-0.2, -0.15) is 4.31 Å². The summed E-state index contributed by atoms with van der Waals surface area (Å²) in [6, 6.07) is 4.37. The molecule has 0 bridgehead atoms. The predicted octanol–water partition coefficient (Wildman–Crippen LogP) is 2.41. The van der Waals surface area contributed by atoms with Gasteiger partial charge in [-0.05, 0) is 58.0 Å². The number of nitrogens with zero attached hydrogens (tertiary/aromatic N) is 3. The van der Waals surface area contributed by atoms with Crippen LogP contribution in [-0.2, 0) is 14.8 Å². The van der Waals surface area contributed by atoms with Crippen LogP contribution in [-0.4, -0.2) is 93.1 Å². The van der Waals surface area contributed by atoms with Gasteiger partial charge < -0.3 is 19.6 Å². The van der Waals surface area contributed by atoms with Crippen molar-refractivity contribution in [3.8, 4) is 17.6 Å². The molecule has 1 aliphatic heterocycles. The fourth-order valence-electron chi connectivity index (χ4n) is 4.80. The van der Waals surface area contributed by atoms with E-state index in [9.17, 15) is 18.3 Å². The molecule has 9 heteroatoms. The maximum atomic E-state index is 13.6. The summed E-state index contributed by atoms with van der Waals surface area (Å²) < 4.78 is 34.9. The van der Waals surface area contributed by atoms with Gasteiger partial charge in [0, 0.05) is 37.5 Å². The average Bonchev–Trinajstić information content (AvgIpc) is 3.33. The van der Waals surface area contributed by atoms with E-state index in [-0.39, 0.29) is 42.2 Å². The summed E-state index contributed by atoms with van der Waals surface area (Å²) in [6.45, 7) is 4.07. The van der Waals surface area contributed by atoms with Crippen LogP contribution in [0, 0.1) is 23.7 Å². The average molecular weight is 520 g/mol. The minimum atomic E-state index is -3.91. The monoisotopic (exact) mass is 519 g/mol. The van der Waals surface area contributed by atoms with Gasteiger partial charge in [-0.25, -0.2) is 8.42 Å². The molecule has 0 saturated heterocycles. The molecule has 1 heterocycles. The van der Waals surface area contributed by atoms with E-state index in [2.05, 4.69) is 11.8 Å². The Labute approximate surface area is 216 Å². The lowest BCUT2D eigenvalue weighted by Crippen LogP contribution is -2.50. The highest BCUT2D eigenvalue weighted by Gasteiger charge is 2.38. The van der Waals surface area contributed by atoms with Crippen LogP contribution in [0.25, 0.3) is 0 Å². The number of aliphatic hydroxyl groups is 1. The van der Waals surface area contributed by atoms with Gasteiger partial charge in [0.2, 0.25) is 15.9 Å². The molecule has 1 saturated carbocycles. The number of ether oxygens (including phenoxy) is 1. The Balaban J connectivity index is 1.95. The van der Waals surface area contributed by atoms with Crippen molar-refractivity contribution in [2.45, 2.75) is 63.0 Å². The molecule has 0 aromatic heterocycles. The first-order chi connectivity index (χ1) is 17.0. The number of carbonyl (C=O) groups excluding carboxylic acids is 1. The molecular weight excluding hydrogens is 478 g/mol. The topological polar surface area (TPSA) is 90.4 Å². The van der Waals surface area contributed by atoms with Crippen molar-refractivity contribution in [1.29, 1.82) is 0 Å². The van der Waals surface area contributed by atoms with Crippen LogP contribution in [0.5, 0.6) is 5.75 Å². The Bertz CT molecular complexity index is 1070. The molecule has 0 unspecified atom stereocenters. The number of carbonyl (C=O) groups is 1. The molecular formula is C27H41N3O5S. The number of benzene rings is 1. The number of likely N-dealkylation sites (N-methyl/N-ethyl adjacent to an activating group) is 2. The highest BCUT2D eigenvalue weighted by atomic mass is 32.2. The van der Waals surface area contributed by atoms with Crippen molar-refractivity contribution in [3.63, 3.8) is 0 Å². The SMILES string of the molecule is C[C@H]1CN([C@@H](C)CO)S(=O)(=O)c2ccc(C#CCC3CCCC3)cc2O[C@@H]1CN(C)C(=O)CN(C)C. The van der Waals surface area contributed by atoms with Crippen LogP contribution in [0.1, 0.15) is 51.5 Å². The number of amides is 1. The van der Waals surface area contributed by atoms with Crippen LogP contribution in [0.15, 0.2) is 23.1 Å². The highest BCUT2D eigenvalue weighted by molar-refractivity contribution is 7.89. The standard InChI is InChI=1S/C27H41N3O5S/c1-20-16-30(21(2)19-31)36(33,34)26-14-13-23(12-8-11-22-9-6-7-10-22)15-24(26)35-25(20)17-29(5)27(32)18-28(3)4/h13-15,20-22,25,31H,6-7,9-11,16-19H2,1-5H3/t20-,21-,25+/m0/s1. The van der Waals surface area contributed by atoms with Crippen molar-refractivity contribution in [3.05, 3.63) is 23.8 Å². The molecule has 1 N–H and O–H groups in total. The molecule has 1 aromatic rings. The smallest absolute Gasteiger partial charge is 0.247 e. The molecule has 3 atom stereocenters. The molecule has 8 nitrogen and oxygen atoms in total. The second-order valence-electron chi connectivity index (χ2n) is 10.6. The summed E-state index contributed by atoms with van der Waals surface area (Å²) in [7, 11) is 1.50. The number of aliphatic hydroxyl groups excluding tert-OH is 1. The first-order valence-electron chi connectivity index (χ1n) is 12.8. The third-order valence-electron chi connectivity index (χ3n) is 7.10. The fraction of sp³-hybridized carbons (Fsp3) is 0.667. The van der Waals surface area contributed by atoms with E-state index < -0.39 is 22.2 Å². The van der Waals surface area contributed by atoms with Crippen molar-refractivity contribution in [2.24, 2.45) is 11.8 Å². The van der Waals surface area contributed by atoms with Gasteiger partial charge in [-0.1, -0.05) is 31.6 Å². The zero-order valence-corrected chi connectivity index (χ0v) is 23.1. The van der Waals surface area contributed by atoms with E-state index in [0.717, 1.165) is 6.42 Å². The number of sulfonamides is 1. The van der Waals surface area contributed by atoms with Gasteiger partial charge in [0.05, 0.1) is 19.7 Å². The number of hydrogen-bond donors (Lipinski definition) is 1. The summed E-state index contributed by atoms with van der Waals surface area (Å²) in [5.41, 5.74) is 0.702. The molecule has 0 radical (unpaired) electrons. The summed E-state index contributed by atoms with van der Waals surface area (Å²) in [6.07, 6.45) is 5.38. The summed E-state index contributed by atoms with van der Waals surface area (Å²) in [4.78, 5) is 16.1. The lowest BCUT2D eigenvalue weighted by atomic mass is 10.0. The zero-order valence-electron chi connectivity index (χ0n) is 22.2. The lowest BCUT2D eigenvalue weighted by molar-refractivity contribution is -0.132. The molecule has 1 aliphatic carbocycles. The fourth-order valence-corrected chi connectivity index (χ4v) is 6.62. The first-order valence-corrected chi connectivity index (χ1v) is 14.3. The third-order valence-corrected chi connectivity index (χ3v) is 9.12. The maximum absolute atomic E-state index is 13.6. The molecule has 0 spiro atoms. The van der Waals surface area contributed by atoms with E-state index in [0.29, 0.717) is 18.0 Å². The van der Waals surface area contributed by atoms with Crippen molar-refractivity contribution < 1.29 is 23.1 Å². The molecule has 2 aliphatic rings. The predicted molar refractivity (Wildman–Crippen MR) is 140 cm³/mol.